The van der Waals surface area contributed by atoms with Gasteiger partial charge in [0.15, 0.2) is 0 Å². The fraction of sp³-hybridized carbons (Fsp3) is 0.368. The molecule has 3 rings (SSSR count). The van der Waals surface area contributed by atoms with Crippen LogP contribution in [-0.4, -0.2) is 41.4 Å². The van der Waals surface area contributed by atoms with Crippen molar-refractivity contribution in [3.8, 4) is 5.75 Å². The van der Waals surface area contributed by atoms with Gasteiger partial charge in [0.1, 0.15) is 24.4 Å². The smallest absolute Gasteiger partial charge is 0.418 e. The van der Waals surface area contributed by atoms with Crippen LogP contribution in [0.4, 0.5) is 30.6 Å². The van der Waals surface area contributed by atoms with Gasteiger partial charge in [0.25, 0.3) is 0 Å². The highest BCUT2D eigenvalue weighted by Crippen LogP contribution is 2.39. The molecular formula is C19H23F3N5O2P. The summed E-state index contributed by atoms with van der Waals surface area (Å²) in [5.74, 6) is 0.567. The predicted octanol–water partition coefficient (Wildman–Crippen LogP) is 4.80. The molecule has 2 aromatic heterocycles. The van der Waals surface area contributed by atoms with Crippen molar-refractivity contribution >= 4 is 40.9 Å². The summed E-state index contributed by atoms with van der Waals surface area (Å²) < 4.78 is 57.9. The molecule has 0 amide bonds. The number of benzene rings is 1. The van der Waals surface area contributed by atoms with Gasteiger partial charge in [0, 0.05) is 17.5 Å². The first-order valence-corrected chi connectivity index (χ1v) is 11.7. The van der Waals surface area contributed by atoms with Gasteiger partial charge in [0.05, 0.1) is 23.7 Å². The number of nitrogens with one attached hydrogen (secondary N) is 3. The number of halogens is 3. The molecule has 0 saturated carbocycles. The van der Waals surface area contributed by atoms with Crippen LogP contribution in [0, 0.1) is 0 Å². The number of anilines is 3. The lowest BCUT2D eigenvalue weighted by Crippen LogP contribution is -2.14. The molecule has 0 unspecified atom stereocenters. The van der Waals surface area contributed by atoms with Crippen molar-refractivity contribution in [3.05, 3.63) is 30.0 Å². The summed E-state index contributed by atoms with van der Waals surface area (Å²) in [6, 6.07) is 4.88. The second kappa shape index (κ2) is 7.83. The summed E-state index contributed by atoms with van der Waals surface area (Å²) in [7, 11) is -1.02. The Bertz CT molecular complexity index is 1120. The number of fused-ring (bicyclic) bond motifs is 1. The van der Waals surface area contributed by atoms with E-state index in [4.69, 9.17) is 4.74 Å². The monoisotopic (exact) mass is 441 g/mol. The van der Waals surface area contributed by atoms with Crippen molar-refractivity contribution in [2.24, 2.45) is 0 Å². The van der Waals surface area contributed by atoms with Crippen LogP contribution in [0.2, 0.25) is 0 Å². The van der Waals surface area contributed by atoms with Gasteiger partial charge < -0.3 is 24.9 Å². The van der Waals surface area contributed by atoms with Crippen molar-refractivity contribution in [1.29, 1.82) is 0 Å². The van der Waals surface area contributed by atoms with Crippen LogP contribution in [0.5, 0.6) is 5.75 Å². The Morgan fingerprint density at radius 2 is 1.90 bits per heavy atom. The van der Waals surface area contributed by atoms with Gasteiger partial charge in [-0.15, -0.1) is 0 Å². The Balaban J connectivity index is 2.08. The van der Waals surface area contributed by atoms with Gasteiger partial charge in [-0.1, -0.05) is 0 Å². The van der Waals surface area contributed by atoms with Crippen molar-refractivity contribution in [3.63, 3.8) is 0 Å². The Labute approximate surface area is 171 Å². The highest BCUT2D eigenvalue weighted by molar-refractivity contribution is 7.70. The average Bonchev–Trinajstić information content (AvgIpc) is 3.05. The van der Waals surface area contributed by atoms with E-state index in [0.717, 1.165) is 6.20 Å². The Morgan fingerprint density at radius 1 is 1.20 bits per heavy atom. The predicted molar refractivity (Wildman–Crippen MR) is 113 cm³/mol. The number of methoxy groups -OCH3 is 1. The van der Waals surface area contributed by atoms with E-state index >= 15 is 0 Å². The molecule has 0 spiro atoms. The second-order valence-corrected chi connectivity index (χ2v) is 10.7. The molecule has 0 atom stereocenters. The largest absolute Gasteiger partial charge is 0.495 e. The Morgan fingerprint density at radius 3 is 2.47 bits per heavy atom. The molecule has 162 valence electrons. The average molecular weight is 441 g/mol. The van der Waals surface area contributed by atoms with Crippen LogP contribution in [0.15, 0.2) is 24.4 Å². The molecule has 2 heterocycles. The number of aromatic nitrogens is 3. The minimum atomic E-state index is -4.54. The molecule has 1 aromatic carbocycles. The Hall–Kier alpha value is -2.74. The molecule has 0 saturated heterocycles. The van der Waals surface area contributed by atoms with E-state index in [-0.39, 0.29) is 28.8 Å². The summed E-state index contributed by atoms with van der Waals surface area (Å²) in [6.45, 7) is 6.91. The SMILES string of the molecule is COc1cc(P(C)(C)=O)ccc1Nc1nc(NC(C)C)c2c(C(F)(F)F)c[nH]c2n1. The van der Waals surface area contributed by atoms with Crippen molar-refractivity contribution < 1.29 is 22.5 Å². The third-order valence-corrected chi connectivity index (χ3v) is 5.84. The summed E-state index contributed by atoms with van der Waals surface area (Å²) in [4.78, 5) is 11.0. The van der Waals surface area contributed by atoms with Gasteiger partial charge in [-0.25, -0.2) is 0 Å². The number of hydrogen-bond acceptors (Lipinski definition) is 6. The second-order valence-electron chi connectivity index (χ2n) is 7.48. The zero-order valence-corrected chi connectivity index (χ0v) is 18.1. The van der Waals surface area contributed by atoms with Crippen LogP contribution < -0.4 is 20.7 Å². The summed E-state index contributed by atoms with van der Waals surface area (Å²) >= 11 is 0. The molecule has 30 heavy (non-hydrogen) atoms. The van der Waals surface area contributed by atoms with E-state index in [0.29, 0.717) is 16.7 Å². The van der Waals surface area contributed by atoms with Crippen LogP contribution in [0.1, 0.15) is 19.4 Å². The zero-order valence-electron chi connectivity index (χ0n) is 17.2. The number of aromatic amines is 1. The van der Waals surface area contributed by atoms with E-state index < -0.39 is 18.9 Å². The maximum atomic E-state index is 13.4. The van der Waals surface area contributed by atoms with E-state index in [9.17, 15) is 17.7 Å². The highest BCUT2D eigenvalue weighted by Gasteiger charge is 2.35. The summed E-state index contributed by atoms with van der Waals surface area (Å²) in [5, 5.41) is 6.45. The number of ether oxygens (including phenoxy) is 1. The zero-order chi connectivity index (χ0) is 22.3. The highest BCUT2D eigenvalue weighted by atomic mass is 31.2. The van der Waals surface area contributed by atoms with Crippen LogP contribution in [0.3, 0.4) is 0 Å². The van der Waals surface area contributed by atoms with Gasteiger partial charge in [-0.2, -0.15) is 23.1 Å². The molecule has 3 N–H and O–H groups in total. The minimum Gasteiger partial charge on any atom is -0.495 e. The molecule has 0 fully saturated rings. The fourth-order valence-corrected chi connectivity index (χ4v) is 3.79. The lowest BCUT2D eigenvalue weighted by atomic mass is 10.2. The molecule has 0 aliphatic heterocycles. The first-order valence-electron chi connectivity index (χ1n) is 9.13. The van der Waals surface area contributed by atoms with Crippen molar-refractivity contribution in [2.75, 3.05) is 31.1 Å². The van der Waals surface area contributed by atoms with Crippen LogP contribution in [-0.2, 0) is 10.7 Å². The van der Waals surface area contributed by atoms with Crippen LogP contribution in [0.25, 0.3) is 11.0 Å². The third-order valence-electron chi connectivity index (χ3n) is 4.32. The standard InChI is InChI=1S/C19H23F3N5O2P/c1-10(2)24-17-15-12(19(20,21)22)9-23-16(15)26-18(27-17)25-13-7-6-11(30(4,5)28)8-14(13)29-3/h6-10H,1-5H3,(H3,23,24,25,26,27). The van der Waals surface area contributed by atoms with Gasteiger partial charge in [0.2, 0.25) is 5.95 Å². The first-order chi connectivity index (χ1) is 13.9. The van der Waals surface area contributed by atoms with Gasteiger partial charge in [-0.05, 0) is 45.4 Å². The van der Waals surface area contributed by atoms with Crippen molar-refractivity contribution in [1.82, 2.24) is 15.0 Å². The lowest BCUT2D eigenvalue weighted by Gasteiger charge is -2.16. The summed E-state index contributed by atoms with van der Waals surface area (Å²) in [5.41, 5.74) is -0.298. The number of H-pyrrole nitrogens is 1. The molecule has 7 nitrogen and oxygen atoms in total. The number of hydrogen-bond donors (Lipinski definition) is 3. The minimum absolute atomic E-state index is 0.0465. The lowest BCUT2D eigenvalue weighted by molar-refractivity contribution is -0.136. The number of nitrogens with zero attached hydrogens (tertiary/aromatic N) is 2. The molecular weight excluding hydrogens is 418 g/mol. The molecule has 0 radical (unpaired) electrons. The van der Waals surface area contributed by atoms with Crippen molar-refractivity contribution in [2.45, 2.75) is 26.1 Å². The van der Waals surface area contributed by atoms with E-state index in [1.807, 2.05) is 0 Å². The fourth-order valence-electron chi connectivity index (χ4n) is 2.93. The molecule has 3 aromatic rings. The molecule has 0 aliphatic carbocycles. The maximum absolute atomic E-state index is 13.4. The first kappa shape index (κ1) is 22.0. The Kier molecular flexibility index (Phi) is 5.73. The van der Waals surface area contributed by atoms with Gasteiger partial charge >= 0.3 is 6.18 Å². The topological polar surface area (TPSA) is 91.9 Å². The van der Waals surface area contributed by atoms with E-state index in [1.165, 1.54) is 7.11 Å². The van der Waals surface area contributed by atoms with E-state index in [1.54, 1.807) is 45.4 Å². The normalized spacial score (nSPS) is 12.4. The van der Waals surface area contributed by atoms with Crippen LogP contribution >= 0.6 is 7.14 Å². The molecule has 0 aliphatic rings. The van der Waals surface area contributed by atoms with E-state index in [2.05, 4.69) is 25.6 Å². The molecule has 0 bridgehead atoms. The number of alkyl halides is 3. The quantitative estimate of drug-likeness (QED) is 0.476. The maximum Gasteiger partial charge on any atom is 0.418 e. The summed E-state index contributed by atoms with van der Waals surface area (Å²) in [6.07, 6.45) is -3.67. The number of rotatable bonds is 6. The molecule has 11 heteroatoms. The third kappa shape index (κ3) is 4.53. The van der Waals surface area contributed by atoms with Gasteiger partial charge in [-0.3, -0.25) is 0 Å².